The summed E-state index contributed by atoms with van der Waals surface area (Å²) >= 11 is 0. The molecule has 0 aliphatic heterocycles. The van der Waals surface area contributed by atoms with E-state index in [2.05, 4.69) is 50.7 Å². The topological polar surface area (TPSA) is 98.5 Å². The van der Waals surface area contributed by atoms with Crippen LogP contribution in [0.5, 0.6) is 0 Å². The van der Waals surface area contributed by atoms with Crippen molar-refractivity contribution in [3.63, 3.8) is 0 Å². The number of H-pyrrole nitrogens is 2. The number of urea groups is 1. The van der Waals surface area contributed by atoms with Gasteiger partial charge in [-0.05, 0) is 30.5 Å². The number of aromatic nitrogens is 4. The van der Waals surface area contributed by atoms with Gasteiger partial charge in [-0.1, -0.05) is 13.0 Å². The number of benzene rings is 1. The first-order valence-corrected chi connectivity index (χ1v) is 7.14. The van der Waals surface area contributed by atoms with E-state index in [4.69, 9.17) is 0 Å². The Morgan fingerprint density at radius 2 is 2.18 bits per heavy atom. The van der Waals surface area contributed by atoms with Gasteiger partial charge < -0.3 is 15.6 Å². The van der Waals surface area contributed by atoms with E-state index in [1.54, 1.807) is 13.2 Å². The molecule has 0 spiro atoms. The summed E-state index contributed by atoms with van der Waals surface area (Å²) in [5.74, 6) is 0.648. The van der Waals surface area contributed by atoms with Crippen LogP contribution in [0.4, 0.5) is 10.5 Å². The summed E-state index contributed by atoms with van der Waals surface area (Å²) in [6, 6.07) is 3.83. The number of amides is 2. The number of aryl methyl sites for hydroxylation is 2. The number of rotatable bonds is 3. The molecule has 0 saturated carbocycles. The minimum Gasteiger partial charge on any atom is -0.341 e. The lowest BCUT2D eigenvalue weighted by Crippen LogP contribution is -2.24. The van der Waals surface area contributed by atoms with Crippen LogP contribution in [0, 0.1) is 6.92 Å². The molecule has 0 atom stereocenters. The number of hydrogen-bond acceptors (Lipinski definition) is 3. The normalized spacial score (nSPS) is 10.9. The van der Waals surface area contributed by atoms with Crippen LogP contribution in [-0.4, -0.2) is 33.2 Å². The van der Waals surface area contributed by atoms with Gasteiger partial charge in [-0.2, -0.15) is 5.10 Å². The molecule has 114 valence electrons. The van der Waals surface area contributed by atoms with Gasteiger partial charge in [-0.25, -0.2) is 9.78 Å². The molecule has 1 aromatic carbocycles. The summed E-state index contributed by atoms with van der Waals surface area (Å²) < 4.78 is 0. The van der Waals surface area contributed by atoms with Crippen molar-refractivity contribution in [1.29, 1.82) is 0 Å². The van der Waals surface area contributed by atoms with Crippen molar-refractivity contribution >= 4 is 22.8 Å². The fourth-order valence-corrected chi connectivity index (χ4v) is 2.50. The highest BCUT2D eigenvalue weighted by Crippen LogP contribution is 2.27. The molecule has 0 aliphatic rings. The van der Waals surface area contributed by atoms with Crippen LogP contribution in [0.25, 0.3) is 22.6 Å². The van der Waals surface area contributed by atoms with Gasteiger partial charge in [0.25, 0.3) is 0 Å². The Balaban J connectivity index is 2.06. The van der Waals surface area contributed by atoms with Gasteiger partial charge in [-0.15, -0.1) is 0 Å². The smallest absolute Gasteiger partial charge is 0.319 e. The number of nitrogens with one attached hydrogen (secondary N) is 4. The highest BCUT2D eigenvalue weighted by atomic mass is 16.2. The summed E-state index contributed by atoms with van der Waals surface area (Å²) in [5.41, 5.74) is 5.57. The number of hydrogen-bond donors (Lipinski definition) is 4. The standard InChI is InChI=1S/C15H18N6O/c1-4-9-5-6-10-12(8(9)2)20-14(18-10)13-11(7-17-21-13)19-15(22)16-3/h5-7H,4H2,1-3H3,(H,17,21)(H,18,20)(H2,16,19,22). The molecule has 0 saturated heterocycles. The second kappa shape index (κ2) is 5.51. The van der Waals surface area contributed by atoms with Gasteiger partial charge >= 0.3 is 6.03 Å². The Bertz CT molecular complexity index is 832. The van der Waals surface area contributed by atoms with E-state index in [1.165, 1.54) is 11.1 Å². The monoisotopic (exact) mass is 298 g/mol. The lowest BCUT2D eigenvalue weighted by molar-refractivity contribution is 0.254. The molecule has 7 heteroatoms. The average molecular weight is 298 g/mol. The van der Waals surface area contributed by atoms with Crippen LogP contribution in [-0.2, 0) is 6.42 Å². The summed E-state index contributed by atoms with van der Waals surface area (Å²) in [7, 11) is 1.56. The van der Waals surface area contributed by atoms with Crippen molar-refractivity contribution in [1.82, 2.24) is 25.5 Å². The van der Waals surface area contributed by atoms with Crippen molar-refractivity contribution in [2.24, 2.45) is 0 Å². The minimum absolute atomic E-state index is 0.303. The first-order chi connectivity index (χ1) is 10.6. The fourth-order valence-electron chi connectivity index (χ4n) is 2.50. The van der Waals surface area contributed by atoms with E-state index in [1.807, 2.05) is 6.07 Å². The number of imidazole rings is 1. The number of nitrogens with zero attached hydrogens (tertiary/aromatic N) is 2. The van der Waals surface area contributed by atoms with Gasteiger partial charge in [-0.3, -0.25) is 5.10 Å². The van der Waals surface area contributed by atoms with Crippen molar-refractivity contribution in [2.45, 2.75) is 20.3 Å². The van der Waals surface area contributed by atoms with Crippen molar-refractivity contribution in [2.75, 3.05) is 12.4 Å². The summed E-state index contributed by atoms with van der Waals surface area (Å²) in [5, 5.41) is 12.1. The number of carbonyl (C=O) groups is 1. The van der Waals surface area contributed by atoms with Crippen LogP contribution in [0.15, 0.2) is 18.3 Å². The number of fused-ring (bicyclic) bond motifs is 1. The van der Waals surface area contributed by atoms with Crippen LogP contribution in [0.2, 0.25) is 0 Å². The summed E-state index contributed by atoms with van der Waals surface area (Å²) in [4.78, 5) is 19.4. The zero-order valence-electron chi connectivity index (χ0n) is 12.7. The molecule has 4 N–H and O–H groups in total. The molecule has 0 aliphatic carbocycles. The molecule has 7 nitrogen and oxygen atoms in total. The maximum Gasteiger partial charge on any atom is 0.319 e. The predicted molar refractivity (Wildman–Crippen MR) is 85.9 cm³/mol. The number of anilines is 1. The molecule has 2 aromatic heterocycles. The number of aromatic amines is 2. The van der Waals surface area contributed by atoms with E-state index >= 15 is 0 Å². The van der Waals surface area contributed by atoms with Crippen LogP contribution < -0.4 is 10.6 Å². The van der Waals surface area contributed by atoms with Crippen molar-refractivity contribution < 1.29 is 4.79 Å². The Hall–Kier alpha value is -2.83. The third kappa shape index (κ3) is 2.30. The van der Waals surface area contributed by atoms with Gasteiger partial charge in [0.1, 0.15) is 5.69 Å². The maximum atomic E-state index is 11.5. The Morgan fingerprint density at radius 3 is 2.91 bits per heavy atom. The zero-order valence-corrected chi connectivity index (χ0v) is 12.7. The fraction of sp³-hybridized carbons (Fsp3) is 0.267. The predicted octanol–water partition coefficient (Wildman–Crippen LogP) is 2.58. The molecule has 3 aromatic rings. The Morgan fingerprint density at radius 1 is 1.36 bits per heavy atom. The molecule has 0 unspecified atom stereocenters. The van der Waals surface area contributed by atoms with Gasteiger partial charge in [0.2, 0.25) is 0 Å². The molecule has 0 fully saturated rings. The second-order valence-corrected chi connectivity index (χ2v) is 5.05. The maximum absolute atomic E-state index is 11.5. The molecule has 0 bridgehead atoms. The van der Waals surface area contributed by atoms with Crippen molar-refractivity contribution in [3.05, 3.63) is 29.5 Å². The summed E-state index contributed by atoms with van der Waals surface area (Å²) in [6.07, 6.45) is 2.53. The van der Waals surface area contributed by atoms with E-state index in [-0.39, 0.29) is 6.03 Å². The average Bonchev–Trinajstić information content (AvgIpc) is 3.14. The Kier molecular flexibility index (Phi) is 3.54. The van der Waals surface area contributed by atoms with Gasteiger partial charge in [0, 0.05) is 7.05 Å². The molecular formula is C15H18N6O. The first kappa shape index (κ1) is 14.1. The minimum atomic E-state index is -0.303. The van der Waals surface area contributed by atoms with Crippen LogP contribution >= 0.6 is 0 Å². The van der Waals surface area contributed by atoms with Gasteiger partial charge in [0.05, 0.1) is 22.9 Å². The third-order valence-corrected chi connectivity index (χ3v) is 3.75. The summed E-state index contributed by atoms with van der Waals surface area (Å²) in [6.45, 7) is 4.20. The molecule has 3 rings (SSSR count). The quantitative estimate of drug-likeness (QED) is 0.598. The van der Waals surface area contributed by atoms with Crippen molar-refractivity contribution in [3.8, 4) is 11.5 Å². The molecule has 2 amide bonds. The van der Waals surface area contributed by atoms with Crippen LogP contribution in [0.3, 0.4) is 0 Å². The second-order valence-electron chi connectivity index (χ2n) is 5.05. The Labute approximate surface area is 127 Å². The van der Waals surface area contributed by atoms with Crippen LogP contribution in [0.1, 0.15) is 18.1 Å². The molecule has 0 radical (unpaired) electrons. The highest BCUT2D eigenvalue weighted by Gasteiger charge is 2.15. The SMILES string of the molecule is CCc1ccc2[nH]c(-c3[nH]ncc3NC(=O)NC)nc2c1C. The van der Waals surface area contributed by atoms with E-state index in [9.17, 15) is 4.79 Å². The molecule has 22 heavy (non-hydrogen) atoms. The van der Waals surface area contributed by atoms with Gasteiger partial charge in [0.15, 0.2) is 5.82 Å². The lowest BCUT2D eigenvalue weighted by atomic mass is 10.1. The number of carbonyl (C=O) groups excluding carboxylic acids is 1. The molecule has 2 heterocycles. The third-order valence-electron chi connectivity index (χ3n) is 3.75. The lowest BCUT2D eigenvalue weighted by Gasteiger charge is -2.02. The van der Waals surface area contributed by atoms with E-state index in [0.29, 0.717) is 17.2 Å². The van der Waals surface area contributed by atoms with E-state index < -0.39 is 0 Å². The molecular weight excluding hydrogens is 280 g/mol. The van der Waals surface area contributed by atoms with E-state index in [0.717, 1.165) is 17.5 Å². The zero-order chi connectivity index (χ0) is 15.7. The largest absolute Gasteiger partial charge is 0.341 e. The first-order valence-electron chi connectivity index (χ1n) is 7.14. The highest BCUT2D eigenvalue weighted by molar-refractivity contribution is 5.93.